The van der Waals surface area contributed by atoms with Crippen molar-refractivity contribution in [2.24, 2.45) is 0 Å². The largest absolute Gasteiger partial charge is 0.308 e. The van der Waals surface area contributed by atoms with Gasteiger partial charge < -0.3 is 4.90 Å². The Morgan fingerprint density at radius 3 is 1.61 bits per heavy atom. The summed E-state index contributed by atoms with van der Waals surface area (Å²) in [5.41, 5.74) is 8.71. The minimum Gasteiger partial charge on any atom is -0.308 e. The molecule has 178 valence electrons. The molecule has 1 aliphatic heterocycles. The van der Waals surface area contributed by atoms with Crippen molar-refractivity contribution in [1.82, 2.24) is 0 Å². The molecule has 0 atom stereocenters. The van der Waals surface area contributed by atoms with Crippen molar-refractivity contribution in [2.75, 3.05) is 4.90 Å². The zero-order chi connectivity index (χ0) is 25.5. The summed E-state index contributed by atoms with van der Waals surface area (Å²) in [6.45, 7) is 0. The first kappa shape index (κ1) is 22.4. The van der Waals surface area contributed by atoms with Crippen LogP contribution >= 0.6 is 11.8 Å². The van der Waals surface area contributed by atoms with E-state index in [1.807, 2.05) is 36.0 Å². The van der Waals surface area contributed by atoms with Gasteiger partial charge in [0, 0.05) is 15.2 Å². The zero-order valence-electron chi connectivity index (χ0n) is 20.5. The van der Waals surface area contributed by atoms with Crippen LogP contribution in [-0.4, -0.2) is 0 Å². The first-order chi connectivity index (χ1) is 18.8. The fourth-order valence-electron chi connectivity index (χ4n) is 5.29. The van der Waals surface area contributed by atoms with Gasteiger partial charge in [-0.2, -0.15) is 5.26 Å². The molecule has 3 heteroatoms. The van der Waals surface area contributed by atoms with Crippen molar-refractivity contribution in [3.8, 4) is 28.3 Å². The fourth-order valence-corrected chi connectivity index (χ4v) is 6.43. The number of benzene rings is 6. The molecule has 6 aromatic carbocycles. The number of hydrogen-bond acceptors (Lipinski definition) is 3. The minimum absolute atomic E-state index is 0.682. The second-order valence-corrected chi connectivity index (χ2v) is 10.4. The van der Waals surface area contributed by atoms with Gasteiger partial charge >= 0.3 is 0 Å². The Morgan fingerprint density at radius 2 is 1.05 bits per heavy atom. The molecule has 6 aromatic rings. The van der Waals surface area contributed by atoms with Crippen molar-refractivity contribution < 1.29 is 0 Å². The number of nitrogens with zero attached hydrogens (tertiary/aromatic N) is 2. The lowest BCUT2D eigenvalue weighted by molar-refractivity contribution is 1.17. The Hall–Kier alpha value is -4.78. The van der Waals surface area contributed by atoms with E-state index in [4.69, 9.17) is 0 Å². The van der Waals surface area contributed by atoms with E-state index in [-0.39, 0.29) is 0 Å². The van der Waals surface area contributed by atoms with E-state index in [0.717, 1.165) is 27.8 Å². The SMILES string of the molecule is N#Cc1cccc2cccc(N3c4ccc(-c5ccccc5)cc4Sc4cc(-c5ccccc5)ccc43)c12. The number of rotatable bonds is 3. The average Bonchev–Trinajstić information content (AvgIpc) is 2.99. The van der Waals surface area contributed by atoms with Crippen LogP contribution in [0.4, 0.5) is 17.1 Å². The van der Waals surface area contributed by atoms with E-state index in [2.05, 4.69) is 120 Å². The smallest absolute Gasteiger partial charge is 0.0998 e. The highest BCUT2D eigenvalue weighted by Gasteiger charge is 2.27. The first-order valence-electron chi connectivity index (χ1n) is 12.6. The lowest BCUT2D eigenvalue weighted by atomic mass is 10.00. The van der Waals surface area contributed by atoms with E-state index >= 15 is 0 Å². The van der Waals surface area contributed by atoms with Gasteiger partial charge in [0.05, 0.1) is 28.7 Å². The van der Waals surface area contributed by atoms with Crippen LogP contribution in [0.25, 0.3) is 33.0 Å². The summed E-state index contributed by atoms with van der Waals surface area (Å²) in [5, 5.41) is 12.0. The van der Waals surface area contributed by atoms with Crippen LogP contribution in [0.5, 0.6) is 0 Å². The van der Waals surface area contributed by atoms with Crippen molar-refractivity contribution in [2.45, 2.75) is 9.79 Å². The van der Waals surface area contributed by atoms with Crippen LogP contribution in [0.2, 0.25) is 0 Å². The predicted molar refractivity (Wildman–Crippen MR) is 158 cm³/mol. The fraction of sp³-hybridized carbons (Fsp3) is 0. The Bertz CT molecular complexity index is 1760. The van der Waals surface area contributed by atoms with Crippen molar-refractivity contribution in [1.29, 1.82) is 5.26 Å². The van der Waals surface area contributed by atoms with Gasteiger partial charge in [-0.1, -0.05) is 109 Å². The van der Waals surface area contributed by atoms with Crippen molar-refractivity contribution >= 4 is 39.6 Å². The Morgan fingerprint density at radius 1 is 0.500 bits per heavy atom. The first-order valence-corrected chi connectivity index (χ1v) is 13.4. The maximum atomic E-state index is 10.0. The van der Waals surface area contributed by atoms with Gasteiger partial charge in [-0.3, -0.25) is 0 Å². The summed E-state index contributed by atoms with van der Waals surface area (Å²) in [5.74, 6) is 0. The molecule has 0 fully saturated rings. The Kier molecular flexibility index (Phi) is 5.47. The molecule has 0 spiro atoms. The van der Waals surface area contributed by atoms with Gasteiger partial charge in [-0.25, -0.2) is 0 Å². The monoisotopic (exact) mass is 502 g/mol. The third kappa shape index (κ3) is 3.75. The molecule has 2 nitrogen and oxygen atoms in total. The number of anilines is 3. The summed E-state index contributed by atoms with van der Waals surface area (Å²) >= 11 is 1.81. The van der Waals surface area contributed by atoms with Crippen LogP contribution in [0.15, 0.2) is 143 Å². The molecule has 0 saturated carbocycles. The van der Waals surface area contributed by atoms with E-state index in [0.29, 0.717) is 5.56 Å². The molecule has 0 amide bonds. The summed E-state index contributed by atoms with van der Waals surface area (Å²) in [6, 6.07) is 49.1. The highest BCUT2D eigenvalue weighted by molar-refractivity contribution is 7.99. The van der Waals surface area contributed by atoms with Crippen LogP contribution < -0.4 is 4.90 Å². The van der Waals surface area contributed by atoms with E-state index in [1.165, 1.54) is 32.0 Å². The molecule has 0 radical (unpaired) electrons. The standard InChI is InChI=1S/C35H22N2S/c36-23-29-15-7-13-26-14-8-16-32(35(26)29)37-30-19-17-27(24-9-3-1-4-10-24)21-33(30)38-34-22-28(18-20-31(34)37)25-11-5-2-6-12-25/h1-22H. The maximum absolute atomic E-state index is 10.0. The molecule has 0 saturated heterocycles. The highest BCUT2D eigenvalue weighted by atomic mass is 32.2. The molecule has 0 aliphatic carbocycles. The van der Waals surface area contributed by atoms with Gasteiger partial charge in [0.2, 0.25) is 0 Å². The van der Waals surface area contributed by atoms with Crippen LogP contribution in [0.1, 0.15) is 5.56 Å². The van der Waals surface area contributed by atoms with Gasteiger partial charge in [-0.15, -0.1) is 0 Å². The molecule has 0 unspecified atom stereocenters. The molecule has 0 bridgehead atoms. The van der Waals surface area contributed by atoms with Gasteiger partial charge in [0.1, 0.15) is 0 Å². The second-order valence-electron chi connectivity index (χ2n) is 9.33. The molecule has 38 heavy (non-hydrogen) atoms. The van der Waals surface area contributed by atoms with E-state index in [1.54, 1.807) is 0 Å². The number of fused-ring (bicyclic) bond motifs is 3. The summed E-state index contributed by atoms with van der Waals surface area (Å²) < 4.78 is 0. The molecule has 1 aliphatic rings. The average molecular weight is 503 g/mol. The minimum atomic E-state index is 0.682. The quantitative estimate of drug-likeness (QED) is 0.240. The summed E-state index contributed by atoms with van der Waals surface area (Å²) in [4.78, 5) is 4.71. The normalized spacial score (nSPS) is 12.0. The van der Waals surface area contributed by atoms with Gasteiger partial charge in [0.15, 0.2) is 0 Å². The van der Waals surface area contributed by atoms with E-state index < -0.39 is 0 Å². The molecule has 1 heterocycles. The predicted octanol–water partition coefficient (Wildman–Crippen LogP) is 9.98. The van der Waals surface area contributed by atoms with Crippen molar-refractivity contribution in [3.05, 3.63) is 139 Å². The molecular weight excluding hydrogens is 480 g/mol. The topological polar surface area (TPSA) is 27.0 Å². The lowest BCUT2D eigenvalue weighted by Gasteiger charge is -2.34. The molecule has 0 N–H and O–H groups in total. The Labute approximate surface area is 226 Å². The Balaban J connectivity index is 1.48. The molecule has 7 rings (SSSR count). The lowest BCUT2D eigenvalue weighted by Crippen LogP contribution is -2.15. The second kappa shape index (κ2) is 9.27. The summed E-state index contributed by atoms with van der Waals surface area (Å²) in [7, 11) is 0. The third-order valence-corrected chi connectivity index (χ3v) is 8.17. The number of hydrogen-bond donors (Lipinski definition) is 0. The molecule has 0 aromatic heterocycles. The summed E-state index contributed by atoms with van der Waals surface area (Å²) in [6.07, 6.45) is 0. The van der Waals surface area contributed by atoms with Crippen LogP contribution in [0, 0.1) is 11.3 Å². The third-order valence-electron chi connectivity index (χ3n) is 7.08. The van der Waals surface area contributed by atoms with Crippen molar-refractivity contribution in [3.63, 3.8) is 0 Å². The van der Waals surface area contributed by atoms with Crippen LogP contribution in [0.3, 0.4) is 0 Å². The highest BCUT2D eigenvalue weighted by Crippen LogP contribution is 2.54. The van der Waals surface area contributed by atoms with Gasteiger partial charge in [0.25, 0.3) is 0 Å². The van der Waals surface area contributed by atoms with Crippen LogP contribution in [-0.2, 0) is 0 Å². The zero-order valence-corrected chi connectivity index (χ0v) is 21.3. The van der Waals surface area contributed by atoms with Gasteiger partial charge in [-0.05, 0) is 64.0 Å². The molecular formula is C35H22N2S. The van der Waals surface area contributed by atoms with E-state index in [9.17, 15) is 5.26 Å². The maximum Gasteiger partial charge on any atom is 0.0998 e. The number of nitriles is 1.